The van der Waals surface area contributed by atoms with Crippen LogP contribution in [-0.2, 0) is 4.79 Å². The molecular weight excluding hydrogens is 304 g/mol. The van der Waals surface area contributed by atoms with Crippen LogP contribution >= 0.6 is 0 Å². The first-order valence-corrected chi connectivity index (χ1v) is 7.46. The van der Waals surface area contributed by atoms with Gasteiger partial charge in [0.2, 0.25) is 0 Å². The number of hydrogen-bond acceptors (Lipinski definition) is 4. The minimum Gasteiger partial charge on any atom is -0.497 e. The summed E-state index contributed by atoms with van der Waals surface area (Å²) in [6.07, 6.45) is 1.53. The van der Waals surface area contributed by atoms with Crippen LogP contribution in [-0.4, -0.2) is 19.6 Å². The minimum absolute atomic E-state index is 0.0134. The summed E-state index contributed by atoms with van der Waals surface area (Å²) < 4.78 is 10.5. The Bertz CT molecular complexity index is 774. The lowest BCUT2D eigenvalue weighted by Gasteiger charge is -2.06. The van der Waals surface area contributed by atoms with Crippen molar-refractivity contribution in [2.45, 2.75) is 6.92 Å². The van der Waals surface area contributed by atoms with Crippen molar-refractivity contribution in [3.8, 4) is 17.6 Å². The average molecular weight is 322 g/mol. The van der Waals surface area contributed by atoms with Gasteiger partial charge in [0.1, 0.15) is 23.1 Å². The third-order valence-electron chi connectivity index (χ3n) is 3.19. The lowest BCUT2D eigenvalue weighted by molar-refractivity contribution is -0.112. The highest BCUT2D eigenvalue weighted by molar-refractivity contribution is 6.09. The summed E-state index contributed by atoms with van der Waals surface area (Å²) in [4.78, 5) is 12.2. The lowest BCUT2D eigenvalue weighted by Crippen LogP contribution is -2.13. The van der Waals surface area contributed by atoms with E-state index in [9.17, 15) is 10.1 Å². The summed E-state index contributed by atoms with van der Waals surface area (Å²) >= 11 is 0. The molecule has 24 heavy (non-hydrogen) atoms. The highest BCUT2D eigenvalue weighted by Crippen LogP contribution is 2.18. The first kappa shape index (κ1) is 17.1. The second kappa shape index (κ2) is 8.39. The van der Waals surface area contributed by atoms with Crippen LogP contribution in [0.3, 0.4) is 0 Å². The molecule has 0 aliphatic rings. The van der Waals surface area contributed by atoms with Crippen molar-refractivity contribution >= 4 is 17.7 Å². The van der Waals surface area contributed by atoms with E-state index in [0.29, 0.717) is 23.8 Å². The molecule has 5 heteroatoms. The van der Waals surface area contributed by atoms with E-state index in [4.69, 9.17) is 9.47 Å². The lowest BCUT2D eigenvalue weighted by atomic mass is 10.1. The van der Waals surface area contributed by atoms with E-state index < -0.39 is 5.91 Å². The molecule has 1 N–H and O–H groups in total. The second-order valence-corrected chi connectivity index (χ2v) is 4.86. The van der Waals surface area contributed by atoms with Crippen molar-refractivity contribution < 1.29 is 14.3 Å². The fourth-order valence-electron chi connectivity index (χ4n) is 2.05. The predicted octanol–water partition coefficient (Wildman–Crippen LogP) is 3.64. The van der Waals surface area contributed by atoms with E-state index in [1.807, 2.05) is 25.1 Å². The van der Waals surface area contributed by atoms with Gasteiger partial charge in [-0.15, -0.1) is 0 Å². The molecule has 2 rings (SSSR count). The zero-order chi connectivity index (χ0) is 17.4. The topological polar surface area (TPSA) is 71.3 Å². The number of hydrogen-bond donors (Lipinski definition) is 1. The molecule has 2 aromatic rings. The van der Waals surface area contributed by atoms with Crippen LogP contribution in [0.15, 0.2) is 54.1 Å². The van der Waals surface area contributed by atoms with E-state index in [2.05, 4.69) is 5.32 Å². The number of carbonyl (C=O) groups is 1. The van der Waals surface area contributed by atoms with Crippen LogP contribution in [0.4, 0.5) is 5.69 Å². The zero-order valence-corrected chi connectivity index (χ0v) is 13.6. The Balaban J connectivity index is 2.15. The van der Waals surface area contributed by atoms with Gasteiger partial charge >= 0.3 is 0 Å². The number of nitrogens with one attached hydrogen (secondary N) is 1. The van der Waals surface area contributed by atoms with Gasteiger partial charge in [-0.25, -0.2) is 0 Å². The van der Waals surface area contributed by atoms with Crippen molar-refractivity contribution in [3.63, 3.8) is 0 Å². The molecule has 0 aromatic heterocycles. The summed E-state index contributed by atoms with van der Waals surface area (Å²) in [5.74, 6) is 0.917. The number of nitrogens with zero attached hydrogens (tertiary/aromatic N) is 1. The number of ether oxygens (including phenoxy) is 2. The third-order valence-corrected chi connectivity index (χ3v) is 3.19. The summed E-state index contributed by atoms with van der Waals surface area (Å²) in [5.41, 5.74) is 1.33. The van der Waals surface area contributed by atoms with Crippen LogP contribution in [0, 0.1) is 11.3 Å². The average Bonchev–Trinajstić information content (AvgIpc) is 2.61. The van der Waals surface area contributed by atoms with E-state index in [0.717, 1.165) is 5.56 Å². The highest BCUT2D eigenvalue weighted by atomic mass is 16.5. The maximum absolute atomic E-state index is 12.2. The van der Waals surface area contributed by atoms with Crippen LogP contribution in [0.1, 0.15) is 12.5 Å². The largest absolute Gasteiger partial charge is 0.497 e. The van der Waals surface area contributed by atoms with Gasteiger partial charge in [0.25, 0.3) is 5.91 Å². The van der Waals surface area contributed by atoms with Gasteiger partial charge in [0.05, 0.1) is 13.7 Å². The normalized spacial score (nSPS) is 10.6. The number of rotatable bonds is 6. The standard InChI is InChI=1S/C19H18N2O3/c1-3-24-18-6-4-5-14(12-18)11-15(13-20)19(22)21-16-7-9-17(23-2)10-8-16/h4-12H,3H2,1-2H3,(H,21,22)/b15-11+. The van der Waals surface area contributed by atoms with Crippen LogP contribution in [0.25, 0.3) is 6.08 Å². The van der Waals surface area contributed by atoms with Crippen LogP contribution in [0.2, 0.25) is 0 Å². The molecule has 0 saturated heterocycles. The van der Waals surface area contributed by atoms with Gasteiger partial charge in [-0.1, -0.05) is 12.1 Å². The summed E-state index contributed by atoms with van der Waals surface area (Å²) in [5, 5.41) is 11.9. The summed E-state index contributed by atoms with van der Waals surface area (Å²) in [6, 6.07) is 16.0. The molecule has 2 aromatic carbocycles. The van der Waals surface area contributed by atoms with Gasteiger partial charge < -0.3 is 14.8 Å². The second-order valence-electron chi connectivity index (χ2n) is 4.86. The minimum atomic E-state index is -0.468. The van der Waals surface area contributed by atoms with E-state index in [1.165, 1.54) is 6.08 Å². The number of anilines is 1. The first-order valence-electron chi connectivity index (χ1n) is 7.46. The van der Waals surface area contributed by atoms with Crippen molar-refractivity contribution in [1.82, 2.24) is 0 Å². The molecule has 0 aliphatic heterocycles. The molecule has 0 bridgehead atoms. The van der Waals surface area contributed by atoms with E-state index in [-0.39, 0.29) is 5.57 Å². The van der Waals surface area contributed by atoms with Crippen molar-refractivity contribution in [2.75, 3.05) is 19.0 Å². The third kappa shape index (κ3) is 4.62. The Hall–Kier alpha value is -3.26. The van der Waals surface area contributed by atoms with Gasteiger partial charge in [0.15, 0.2) is 0 Å². The Morgan fingerprint density at radius 2 is 1.96 bits per heavy atom. The molecule has 5 nitrogen and oxygen atoms in total. The molecule has 0 saturated carbocycles. The zero-order valence-electron chi connectivity index (χ0n) is 13.6. The van der Waals surface area contributed by atoms with Crippen LogP contribution < -0.4 is 14.8 Å². The Labute approximate surface area is 141 Å². The summed E-state index contributed by atoms with van der Waals surface area (Å²) in [6.45, 7) is 2.45. The van der Waals surface area contributed by atoms with Gasteiger partial charge in [0, 0.05) is 5.69 Å². The molecule has 0 unspecified atom stereocenters. The number of methoxy groups -OCH3 is 1. The van der Waals surface area contributed by atoms with Crippen molar-refractivity contribution in [3.05, 3.63) is 59.7 Å². The quantitative estimate of drug-likeness (QED) is 0.651. The fourth-order valence-corrected chi connectivity index (χ4v) is 2.05. The van der Waals surface area contributed by atoms with Crippen LogP contribution in [0.5, 0.6) is 11.5 Å². The van der Waals surface area contributed by atoms with Crippen molar-refractivity contribution in [2.24, 2.45) is 0 Å². The maximum Gasteiger partial charge on any atom is 0.266 e. The molecule has 122 valence electrons. The monoisotopic (exact) mass is 322 g/mol. The highest BCUT2D eigenvalue weighted by Gasteiger charge is 2.10. The van der Waals surface area contributed by atoms with Crippen molar-refractivity contribution in [1.29, 1.82) is 5.26 Å². The Morgan fingerprint density at radius 3 is 2.58 bits per heavy atom. The number of benzene rings is 2. The SMILES string of the molecule is CCOc1cccc(/C=C(\C#N)C(=O)Nc2ccc(OC)cc2)c1. The van der Waals surface area contributed by atoms with Gasteiger partial charge in [-0.2, -0.15) is 5.26 Å². The molecule has 0 radical (unpaired) electrons. The maximum atomic E-state index is 12.2. The first-order chi connectivity index (χ1) is 11.7. The molecular formula is C19H18N2O3. The number of nitriles is 1. The summed E-state index contributed by atoms with van der Waals surface area (Å²) in [7, 11) is 1.57. The molecule has 1 amide bonds. The molecule has 0 fully saturated rings. The van der Waals surface area contributed by atoms with Gasteiger partial charge in [-0.05, 0) is 55.0 Å². The van der Waals surface area contributed by atoms with E-state index >= 15 is 0 Å². The smallest absolute Gasteiger partial charge is 0.266 e. The number of amides is 1. The molecule has 0 heterocycles. The Morgan fingerprint density at radius 1 is 1.21 bits per heavy atom. The Kier molecular flexibility index (Phi) is 5.98. The molecule has 0 aliphatic carbocycles. The predicted molar refractivity (Wildman–Crippen MR) is 92.8 cm³/mol. The molecule has 0 atom stereocenters. The fraction of sp³-hybridized carbons (Fsp3) is 0.158. The van der Waals surface area contributed by atoms with Gasteiger partial charge in [-0.3, -0.25) is 4.79 Å². The molecule has 0 spiro atoms. The van der Waals surface area contributed by atoms with E-state index in [1.54, 1.807) is 43.5 Å². The number of carbonyl (C=O) groups excluding carboxylic acids is 1.